The molecule has 5 amide bonds. The Hall–Kier alpha value is -3.26. The van der Waals surface area contributed by atoms with Gasteiger partial charge in [0.1, 0.15) is 36.8 Å². The zero-order valence-electron chi connectivity index (χ0n) is 31.0. The highest BCUT2D eigenvalue weighted by Crippen LogP contribution is 2.22. The first kappa shape index (κ1) is 43.8. The van der Waals surface area contributed by atoms with Crippen LogP contribution in [-0.4, -0.2) is 97.4 Å². The molecule has 1 fully saturated rings. The van der Waals surface area contributed by atoms with Crippen molar-refractivity contribution in [2.75, 3.05) is 26.7 Å². The van der Waals surface area contributed by atoms with Gasteiger partial charge in [-0.15, -0.1) is 0 Å². The van der Waals surface area contributed by atoms with Gasteiger partial charge < -0.3 is 42.4 Å². The van der Waals surface area contributed by atoms with Gasteiger partial charge in [-0.2, -0.15) is 0 Å². The Kier molecular flexibility index (Phi) is 20.7. The number of carbonyl (C=O) groups excluding carboxylic acids is 6. The predicted molar refractivity (Wildman–Crippen MR) is 189 cm³/mol. The number of esters is 1. The number of nitrogens with zero attached hydrogens (tertiary/aromatic N) is 1. The molecule has 0 radical (unpaired) electrons. The average molecular weight is 696 g/mol. The SMILES string of the molecule is CCCCCCCCCC[C@H]1OC(=O)CNC(=O)[C@H](CN)NC(=O)[C@H](CN)NC(=O)[C@H]([C@@H](C)CC)NC(=O)[C@H](CC(C)C)N(C)C(=O)[C@@H]1C. The fourth-order valence-corrected chi connectivity index (χ4v) is 5.85. The Morgan fingerprint density at radius 1 is 0.776 bits per heavy atom. The van der Waals surface area contributed by atoms with E-state index in [9.17, 15) is 28.8 Å². The van der Waals surface area contributed by atoms with Crippen LogP contribution in [0.3, 0.4) is 0 Å². The minimum absolute atomic E-state index is 0.0224. The van der Waals surface area contributed by atoms with E-state index in [2.05, 4.69) is 28.2 Å². The summed E-state index contributed by atoms with van der Waals surface area (Å²) in [6.07, 6.45) is 9.01. The maximum Gasteiger partial charge on any atom is 0.325 e. The molecule has 0 saturated carbocycles. The maximum atomic E-state index is 14.0. The van der Waals surface area contributed by atoms with Crippen molar-refractivity contribution in [3.63, 3.8) is 0 Å². The molecular formula is C35H65N7O7. The van der Waals surface area contributed by atoms with Crippen LogP contribution in [0.25, 0.3) is 0 Å². The minimum atomic E-state index is -1.24. The van der Waals surface area contributed by atoms with Gasteiger partial charge in [-0.25, -0.2) is 0 Å². The third-order valence-electron chi connectivity index (χ3n) is 9.32. The first-order chi connectivity index (χ1) is 23.2. The molecule has 0 spiro atoms. The molecule has 1 saturated heterocycles. The number of ether oxygens (including phenoxy) is 1. The van der Waals surface area contributed by atoms with Crippen LogP contribution in [0.4, 0.5) is 0 Å². The first-order valence-corrected chi connectivity index (χ1v) is 18.3. The molecule has 1 aliphatic rings. The molecule has 0 aromatic heterocycles. The predicted octanol–water partition coefficient (Wildman–Crippen LogP) is 1.49. The molecule has 14 heteroatoms. The van der Waals surface area contributed by atoms with Gasteiger partial charge in [-0.1, -0.05) is 92.9 Å². The van der Waals surface area contributed by atoms with E-state index < -0.39 is 72.3 Å². The summed E-state index contributed by atoms with van der Waals surface area (Å²) < 4.78 is 5.81. The lowest BCUT2D eigenvalue weighted by molar-refractivity contribution is -0.157. The molecular weight excluding hydrogens is 630 g/mol. The van der Waals surface area contributed by atoms with E-state index >= 15 is 0 Å². The van der Waals surface area contributed by atoms with Crippen LogP contribution in [0.1, 0.15) is 112 Å². The summed E-state index contributed by atoms with van der Waals surface area (Å²) in [6.45, 7) is 10.3. The zero-order valence-corrected chi connectivity index (χ0v) is 31.0. The second-order valence-corrected chi connectivity index (χ2v) is 13.9. The van der Waals surface area contributed by atoms with Gasteiger partial charge in [-0.05, 0) is 31.1 Å². The van der Waals surface area contributed by atoms with Gasteiger partial charge in [0, 0.05) is 20.1 Å². The summed E-state index contributed by atoms with van der Waals surface area (Å²) >= 11 is 0. The Bertz CT molecular complexity index is 1070. The molecule has 14 nitrogen and oxygen atoms in total. The van der Waals surface area contributed by atoms with Gasteiger partial charge in [0.15, 0.2) is 0 Å². The van der Waals surface area contributed by atoms with Crippen LogP contribution in [0.15, 0.2) is 0 Å². The van der Waals surface area contributed by atoms with Crippen molar-refractivity contribution < 1.29 is 33.5 Å². The number of cyclic esters (lactones) is 1. The molecule has 0 aromatic carbocycles. The summed E-state index contributed by atoms with van der Waals surface area (Å²) in [4.78, 5) is 81.8. The lowest BCUT2D eigenvalue weighted by Crippen LogP contribution is -2.61. The normalized spacial score (nSPS) is 26.1. The maximum absolute atomic E-state index is 14.0. The van der Waals surface area contributed by atoms with E-state index in [1.54, 1.807) is 20.9 Å². The standard InChI is InChI=1S/C35H65N7O7/c1-8-10-11-12-13-14-15-16-17-28-24(6)35(48)42(7)27(18-22(3)4)33(46)41-30(23(5)9-2)34(47)40-26(20-37)32(45)39-25(19-36)31(44)38-21-29(43)49-28/h22-28,30H,8-21,36-37H2,1-7H3,(H,38,44)(H,39,45)(H,40,47)(H,41,46)/t23-,24+,25-,26-,27-,28+,30-/m0/s1. The van der Waals surface area contributed by atoms with Crippen LogP contribution < -0.4 is 32.7 Å². The Labute approximate surface area is 293 Å². The van der Waals surface area contributed by atoms with Gasteiger partial charge in [-0.3, -0.25) is 28.8 Å². The van der Waals surface area contributed by atoms with Crippen molar-refractivity contribution in [1.29, 1.82) is 0 Å². The molecule has 49 heavy (non-hydrogen) atoms. The summed E-state index contributed by atoms with van der Waals surface area (Å²) in [6, 6.07) is -4.42. The second kappa shape index (κ2) is 23.2. The number of unbranched alkanes of at least 4 members (excludes halogenated alkanes) is 7. The van der Waals surface area contributed by atoms with Crippen molar-refractivity contribution in [2.24, 2.45) is 29.2 Å². The lowest BCUT2D eigenvalue weighted by Gasteiger charge is -2.34. The number of nitrogens with two attached hydrogens (primary N) is 2. The van der Waals surface area contributed by atoms with Crippen LogP contribution >= 0.6 is 0 Å². The molecule has 0 aromatic rings. The number of hydrogen-bond acceptors (Lipinski definition) is 9. The number of amides is 5. The van der Waals surface area contributed by atoms with Gasteiger partial charge in [0.05, 0.1) is 5.92 Å². The summed E-state index contributed by atoms with van der Waals surface area (Å²) in [5.41, 5.74) is 11.6. The fourth-order valence-electron chi connectivity index (χ4n) is 5.85. The van der Waals surface area contributed by atoms with E-state index in [0.717, 1.165) is 25.7 Å². The van der Waals surface area contributed by atoms with Crippen molar-refractivity contribution in [2.45, 2.75) is 142 Å². The van der Waals surface area contributed by atoms with Crippen LogP contribution in [0.2, 0.25) is 0 Å². The number of nitrogens with one attached hydrogen (secondary N) is 4. The molecule has 282 valence electrons. The minimum Gasteiger partial charge on any atom is -0.460 e. The largest absolute Gasteiger partial charge is 0.460 e. The molecule has 0 bridgehead atoms. The number of likely N-dealkylation sites (N-methyl/N-ethyl adjacent to an activating group) is 1. The summed E-state index contributed by atoms with van der Waals surface area (Å²) in [5, 5.41) is 10.4. The Morgan fingerprint density at radius 2 is 1.33 bits per heavy atom. The zero-order chi connectivity index (χ0) is 37.1. The van der Waals surface area contributed by atoms with Gasteiger partial charge in [0.2, 0.25) is 29.5 Å². The fraction of sp³-hybridized carbons (Fsp3) is 0.829. The smallest absolute Gasteiger partial charge is 0.325 e. The molecule has 0 aliphatic carbocycles. The average Bonchev–Trinajstić information content (AvgIpc) is 3.08. The number of hydrogen-bond donors (Lipinski definition) is 6. The highest BCUT2D eigenvalue weighted by molar-refractivity contribution is 5.96. The quantitative estimate of drug-likeness (QED) is 0.108. The second-order valence-electron chi connectivity index (χ2n) is 13.9. The van der Waals surface area contributed by atoms with Crippen molar-refractivity contribution in [3.8, 4) is 0 Å². The van der Waals surface area contributed by atoms with Crippen LogP contribution in [0.5, 0.6) is 0 Å². The topological polar surface area (TPSA) is 215 Å². The molecule has 1 heterocycles. The molecule has 7 atom stereocenters. The van der Waals surface area contributed by atoms with E-state index in [-0.39, 0.29) is 30.8 Å². The van der Waals surface area contributed by atoms with Gasteiger partial charge in [0.25, 0.3) is 0 Å². The van der Waals surface area contributed by atoms with Crippen LogP contribution in [-0.2, 0) is 33.5 Å². The molecule has 1 aliphatic heterocycles. The monoisotopic (exact) mass is 695 g/mol. The summed E-state index contributed by atoms with van der Waals surface area (Å²) in [5.74, 6) is -4.87. The number of carbonyl (C=O) groups is 6. The van der Waals surface area contributed by atoms with E-state index in [1.807, 2.05) is 20.8 Å². The highest BCUT2D eigenvalue weighted by atomic mass is 16.5. The third kappa shape index (κ3) is 15.0. The lowest BCUT2D eigenvalue weighted by atomic mass is 9.94. The third-order valence-corrected chi connectivity index (χ3v) is 9.32. The first-order valence-electron chi connectivity index (χ1n) is 18.3. The van der Waals surface area contributed by atoms with Crippen molar-refractivity contribution in [3.05, 3.63) is 0 Å². The van der Waals surface area contributed by atoms with E-state index in [1.165, 1.54) is 30.6 Å². The summed E-state index contributed by atoms with van der Waals surface area (Å²) in [7, 11) is 1.55. The Morgan fingerprint density at radius 3 is 1.88 bits per heavy atom. The van der Waals surface area contributed by atoms with Crippen molar-refractivity contribution in [1.82, 2.24) is 26.2 Å². The van der Waals surface area contributed by atoms with E-state index in [4.69, 9.17) is 16.2 Å². The highest BCUT2D eigenvalue weighted by Gasteiger charge is 2.38. The van der Waals surface area contributed by atoms with Gasteiger partial charge >= 0.3 is 5.97 Å². The molecule has 8 N–H and O–H groups in total. The molecule has 0 unspecified atom stereocenters. The van der Waals surface area contributed by atoms with Crippen molar-refractivity contribution >= 4 is 35.5 Å². The number of rotatable bonds is 15. The van der Waals surface area contributed by atoms with Crippen LogP contribution in [0, 0.1) is 17.8 Å². The van der Waals surface area contributed by atoms with E-state index in [0.29, 0.717) is 19.3 Å². The Balaban J connectivity index is 3.46. The molecule has 1 rings (SSSR count).